The zero-order valence-corrected chi connectivity index (χ0v) is 17.6. The molecule has 30 heavy (non-hydrogen) atoms. The summed E-state index contributed by atoms with van der Waals surface area (Å²) in [7, 11) is 0. The lowest BCUT2D eigenvalue weighted by molar-refractivity contribution is -0.131. The molecule has 0 bridgehead atoms. The Hall–Kier alpha value is -2.68. The van der Waals surface area contributed by atoms with E-state index in [-0.39, 0.29) is 23.9 Å². The number of amides is 2. The second kappa shape index (κ2) is 8.22. The first kappa shape index (κ1) is 19.3. The first-order valence-corrected chi connectivity index (χ1v) is 11.5. The summed E-state index contributed by atoms with van der Waals surface area (Å²) in [6, 6.07) is 0.250. The van der Waals surface area contributed by atoms with Crippen molar-refractivity contribution >= 4 is 28.1 Å². The van der Waals surface area contributed by atoms with Gasteiger partial charge in [0.05, 0.1) is 24.8 Å². The average Bonchev–Trinajstić information content (AvgIpc) is 3.12. The third-order valence-corrected chi connectivity index (χ3v) is 7.15. The number of likely N-dealkylation sites (tertiary alicyclic amines) is 1. The molecule has 3 atom stereocenters. The molecule has 3 aromatic rings. The van der Waals surface area contributed by atoms with Gasteiger partial charge in [0.25, 0.3) is 0 Å². The Morgan fingerprint density at radius 3 is 3.03 bits per heavy atom. The van der Waals surface area contributed by atoms with E-state index in [9.17, 15) is 9.59 Å². The number of nitrogens with zero attached hydrogens (tertiary/aromatic N) is 5. The molecular weight excluding hydrogens is 400 g/mol. The van der Waals surface area contributed by atoms with Crippen molar-refractivity contribution < 1.29 is 9.59 Å². The Bertz CT molecular complexity index is 1030. The van der Waals surface area contributed by atoms with E-state index in [1.165, 1.54) is 0 Å². The van der Waals surface area contributed by atoms with Crippen molar-refractivity contribution in [3.8, 4) is 0 Å². The van der Waals surface area contributed by atoms with Gasteiger partial charge in [0, 0.05) is 61.3 Å². The van der Waals surface area contributed by atoms with Crippen molar-refractivity contribution in [2.24, 2.45) is 5.92 Å². The van der Waals surface area contributed by atoms with E-state index in [1.54, 1.807) is 30.1 Å². The van der Waals surface area contributed by atoms with Gasteiger partial charge in [-0.15, -0.1) is 11.3 Å². The summed E-state index contributed by atoms with van der Waals surface area (Å²) in [6.45, 7) is 1.57. The molecule has 9 heteroatoms. The molecule has 1 saturated heterocycles. The van der Waals surface area contributed by atoms with E-state index in [0.29, 0.717) is 18.8 Å². The van der Waals surface area contributed by atoms with Gasteiger partial charge in [0.2, 0.25) is 11.8 Å². The van der Waals surface area contributed by atoms with Gasteiger partial charge < -0.3 is 14.8 Å². The topological polar surface area (TPSA) is 84.5 Å². The SMILES string of the molecule is O=C(CCCn1ccnc1)NC1C2CCCCN(C(=O)Cc3csc4nccn34)C21. The molecule has 1 N–H and O–H groups in total. The summed E-state index contributed by atoms with van der Waals surface area (Å²) in [5, 5.41) is 5.22. The van der Waals surface area contributed by atoms with Crippen LogP contribution >= 0.6 is 11.3 Å². The predicted octanol–water partition coefficient (Wildman–Crippen LogP) is 2.11. The summed E-state index contributed by atoms with van der Waals surface area (Å²) in [6.07, 6.45) is 14.0. The van der Waals surface area contributed by atoms with Crippen molar-refractivity contribution in [3.05, 3.63) is 42.2 Å². The lowest BCUT2D eigenvalue weighted by atomic mass is 10.2. The van der Waals surface area contributed by atoms with Crippen molar-refractivity contribution in [1.82, 2.24) is 29.2 Å². The van der Waals surface area contributed by atoms with Crippen LogP contribution in [0, 0.1) is 5.92 Å². The van der Waals surface area contributed by atoms with Gasteiger partial charge in [-0.2, -0.15) is 0 Å². The summed E-state index contributed by atoms with van der Waals surface area (Å²) in [5.74, 6) is 0.625. The largest absolute Gasteiger partial charge is 0.351 e. The van der Waals surface area contributed by atoms with Crippen LogP contribution < -0.4 is 5.32 Å². The highest BCUT2D eigenvalue weighted by atomic mass is 32.1. The Labute approximate surface area is 178 Å². The minimum atomic E-state index is 0.0820. The van der Waals surface area contributed by atoms with E-state index in [0.717, 1.165) is 49.4 Å². The Morgan fingerprint density at radius 1 is 1.23 bits per heavy atom. The number of hydrogen-bond acceptors (Lipinski definition) is 5. The Kier molecular flexibility index (Phi) is 5.28. The van der Waals surface area contributed by atoms with Gasteiger partial charge >= 0.3 is 0 Å². The number of rotatable bonds is 7. The highest BCUT2D eigenvalue weighted by Gasteiger charge is 2.55. The van der Waals surface area contributed by atoms with E-state index in [2.05, 4.69) is 15.3 Å². The molecule has 1 saturated carbocycles. The molecule has 2 amide bonds. The number of fused-ring (bicyclic) bond motifs is 2. The zero-order valence-electron chi connectivity index (χ0n) is 16.8. The lowest BCUT2D eigenvalue weighted by Crippen LogP contribution is -2.40. The molecule has 3 unspecified atom stereocenters. The number of carbonyl (C=O) groups is 2. The molecule has 1 aliphatic heterocycles. The first-order valence-electron chi connectivity index (χ1n) is 10.6. The summed E-state index contributed by atoms with van der Waals surface area (Å²) in [4.78, 5) is 36.8. The number of nitrogens with one attached hydrogen (secondary N) is 1. The van der Waals surface area contributed by atoms with Crippen LogP contribution in [0.3, 0.4) is 0 Å². The molecular formula is C21H26N6O2S. The highest BCUT2D eigenvalue weighted by Crippen LogP contribution is 2.43. The molecule has 8 nitrogen and oxygen atoms in total. The molecule has 4 heterocycles. The number of carbonyl (C=O) groups excluding carboxylic acids is 2. The maximum Gasteiger partial charge on any atom is 0.228 e. The second-order valence-corrected chi connectivity index (χ2v) is 9.05. The molecule has 5 rings (SSSR count). The van der Waals surface area contributed by atoms with Gasteiger partial charge in [-0.3, -0.25) is 14.0 Å². The fourth-order valence-corrected chi connectivity index (χ4v) is 5.53. The van der Waals surface area contributed by atoms with Crippen LogP contribution in [-0.4, -0.2) is 54.3 Å². The number of aryl methyl sites for hydroxylation is 1. The summed E-state index contributed by atoms with van der Waals surface area (Å²) >= 11 is 1.56. The van der Waals surface area contributed by atoms with Crippen molar-refractivity contribution in [2.45, 2.75) is 57.2 Å². The van der Waals surface area contributed by atoms with E-state index in [4.69, 9.17) is 0 Å². The first-order chi connectivity index (χ1) is 14.7. The number of aromatic nitrogens is 4. The van der Waals surface area contributed by atoms with Gasteiger partial charge in [-0.1, -0.05) is 6.42 Å². The van der Waals surface area contributed by atoms with Crippen LogP contribution in [0.15, 0.2) is 36.5 Å². The second-order valence-electron chi connectivity index (χ2n) is 8.22. The molecule has 3 aromatic heterocycles. The van der Waals surface area contributed by atoms with E-state index in [1.807, 2.05) is 31.6 Å². The van der Waals surface area contributed by atoms with Crippen LogP contribution in [-0.2, 0) is 22.6 Å². The molecule has 0 aromatic carbocycles. The maximum atomic E-state index is 13.1. The number of hydrogen-bond donors (Lipinski definition) is 1. The van der Waals surface area contributed by atoms with Crippen molar-refractivity contribution in [3.63, 3.8) is 0 Å². The quantitative estimate of drug-likeness (QED) is 0.627. The van der Waals surface area contributed by atoms with Crippen molar-refractivity contribution in [1.29, 1.82) is 0 Å². The Morgan fingerprint density at radius 2 is 2.17 bits per heavy atom. The highest BCUT2D eigenvalue weighted by molar-refractivity contribution is 7.15. The summed E-state index contributed by atoms with van der Waals surface area (Å²) < 4.78 is 3.97. The molecule has 2 fully saturated rings. The van der Waals surface area contributed by atoms with Gasteiger partial charge in [0.1, 0.15) is 0 Å². The van der Waals surface area contributed by atoms with Crippen LogP contribution in [0.5, 0.6) is 0 Å². The van der Waals surface area contributed by atoms with E-state index >= 15 is 0 Å². The molecule has 0 radical (unpaired) electrons. The third-order valence-electron chi connectivity index (χ3n) is 6.25. The predicted molar refractivity (Wildman–Crippen MR) is 113 cm³/mol. The van der Waals surface area contributed by atoms with Crippen LogP contribution in [0.4, 0.5) is 0 Å². The van der Waals surface area contributed by atoms with Crippen molar-refractivity contribution in [2.75, 3.05) is 6.54 Å². The third kappa shape index (κ3) is 3.86. The smallest absolute Gasteiger partial charge is 0.228 e. The van der Waals surface area contributed by atoms with Crippen LogP contribution in [0.2, 0.25) is 0 Å². The lowest BCUT2D eigenvalue weighted by Gasteiger charge is -2.22. The molecule has 1 aliphatic carbocycles. The monoisotopic (exact) mass is 426 g/mol. The van der Waals surface area contributed by atoms with Gasteiger partial charge in [0.15, 0.2) is 4.96 Å². The molecule has 158 valence electrons. The number of imidazole rings is 2. The van der Waals surface area contributed by atoms with E-state index < -0.39 is 0 Å². The molecule has 0 spiro atoms. The minimum absolute atomic E-state index is 0.0820. The van der Waals surface area contributed by atoms with Gasteiger partial charge in [-0.05, 0) is 19.3 Å². The van der Waals surface area contributed by atoms with Crippen LogP contribution in [0.25, 0.3) is 4.96 Å². The summed E-state index contributed by atoms with van der Waals surface area (Å²) in [5.41, 5.74) is 0.985. The average molecular weight is 427 g/mol. The maximum absolute atomic E-state index is 13.1. The minimum Gasteiger partial charge on any atom is -0.351 e. The normalized spacial score (nSPS) is 23.2. The standard InChI is InChI=1S/C21H26N6O2S/c28-17(5-3-8-25-10-6-22-14-25)24-19-16-4-1-2-9-27(20(16)19)18(29)12-15-13-30-21-23-7-11-26(15)21/h6-7,10-11,13-14,16,19-20H,1-5,8-9,12H2,(H,24,28). The van der Waals surface area contributed by atoms with Gasteiger partial charge in [-0.25, -0.2) is 9.97 Å². The fourth-order valence-electron chi connectivity index (χ4n) is 4.68. The fraction of sp³-hybridized carbons (Fsp3) is 0.524. The Balaban J connectivity index is 1.17. The number of thiazole rings is 1. The van der Waals surface area contributed by atoms with Crippen LogP contribution in [0.1, 0.15) is 37.8 Å². The zero-order chi connectivity index (χ0) is 20.5. The molecule has 2 aliphatic rings.